The average Bonchev–Trinajstić information content (AvgIpc) is 1.99. The van der Waals surface area contributed by atoms with Gasteiger partial charge in [0.25, 0.3) is 0 Å². The minimum absolute atomic E-state index is 1.25. The molecule has 0 nitrogen and oxygen atoms in total. The molecule has 0 radical (unpaired) electrons. The highest BCUT2D eigenvalue weighted by molar-refractivity contribution is 5.28. The van der Waals surface area contributed by atoms with Crippen LogP contribution in [0.3, 0.4) is 0 Å². The van der Waals surface area contributed by atoms with E-state index in [2.05, 4.69) is 52.8 Å². The molecule has 0 aliphatic rings. The molecule has 68 valence electrons. The van der Waals surface area contributed by atoms with E-state index in [1.54, 1.807) is 0 Å². The number of aryl methyl sites for hydroxylation is 3. The molecule has 12 heavy (non-hydrogen) atoms. The zero-order valence-corrected chi connectivity index (χ0v) is 8.94. The Kier molecular flexibility index (Phi) is 5.44. The maximum absolute atomic E-state index is 2.20. The first kappa shape index (κ1) is 11.2. The van der Waals surface area contributed by atoms with Crippen LogP contribution >= 0.6 is 0 Å². The summed E-state index contributed by atoms with van der Waals surface area (Å²) >= 11 is 0. The third-order valence-corrected chi connectivity index (χ3v) is 1.66. The molecular weight excluding hydrogens is 144 g/mol. The van der Waals surface area contributed by atoms with Crippen molar-refractivity contribution < 1.29 is 0 Å². The van der Waals surface area contributed by atoms with Gasteiger partial charge in [0.2, 0.25) is 0 Å². The van der Waals surface area contributed by atoms with Crippen LogP contribution in [0.4, 0.5) is 0 Å². The van der Waals surface area contributed by atoms with Gasteiger partial charge in [-0.15, -0.1) is 0 Å². The summed E-state index contributed by atoms with van der Waals surface area (Å²) in [5.41, 5.74) is 4.11. The maximum Gasteiger partial charge on any atom is -0.0395 e. The van der Waals surface area contributed by atoms with E-state index in [0.29, 0.717) is 0 Å². The highest BCUT2D eigenvalue weighted by Crippen LogP contribution is 2.07. The Morgan fingerprint density at radius 3 is 1.75 bits per heavy atom. The fourth-order valence-corrected chi connectivity index (χ4v) is 0.891. The van der Waals surface area contributed by atoms with Crippen LogP contribution in [0, 0.1) is 20.8 Å². The monoisotopic (exact) mass is 164 g/mol. The molecule has 1 aromatic carbocycles. The lowest BCUT2D eigenvalue weighted by molar-refractivity contribution is 1.09. The van der Waals surface area contributed by atoms with Crippen molar-refractivity contribution in [1.29, 1.82) is 0 Å². The summed E-state index contributed by atoms with van der Waals surface area (Å²) in [6, 6.07) is 6.50. The van der Waals surface area contributed by atoms with E-state index in [4.69, 9.17) is 0 Å². The second-order valence-electron chi connectivity index (χ2n) is 3.29. The van der Waals surface area contributed by atoms with Crippen molar-refractivity contribution >= 4 is 0 Å². The molecule has 0 saturated carbocycles. The highest BCUT2D eigenvalue weighted by atomic mass is 13.9. The average molecular weight is 164 g/mol. The van der Waals surface area contributed by atoms with E-state index in [-0.39, 0.29) is 0 Å². The molecule has 0 aliphatic carbocycles. The van der Waals surface area contributed by atoms with Gasteiger partial charge in [0.15, 0.2) is 0 Å². The van der Waals surface area contributed by atoms with Crippen LogP contribution < -0.4 is 0 Å². The third kappa shape index (κ3) is 4.17. The molecule has 0 aromatic heterocycles. The number of benzene rings is 1. The van der Waals surface area contributed by atoms with E-state index in [9.17, 15) is 0 Å². The molecule has 0 aliphatic heterocycles. The molecule has 0 unspecified atom stereocenters. The summed E-state index contributed by atoms with van der Waals surface area (Å²) in [6.07, 6.45) is 1.25. The summed E-state index contributed by atoms with van der Waals surface area (Å²) in [5, 5.41) is 0. The first-order chi connectivity index (χ1) is 5.61. The van der Waals surface area contributed by atoms with Crippen LogP contribution in [0.2, 0.25) is 0 Å². The van der Waals surface area contributed by atoms with Crippen molar-refractivity contribution in [3.63, 3.8) is 0 Å². The number of hydrogen-bond acceptors (Lipinski definition) is 0. The molecule has 0 amide bonds. The normalized spacial score (nSPS) is 8.75. The Balaban J connectivity index is 0.000000354. The predicted octanol–water partition coefficient (Wildman–Crippen LogP) is 4.03. The van der Waals surface area contributed by atoms with E-state index in [1.165, 1.54) is 23.1 Å². The van der Waals surface area contributed by atoms with Crippen LogP contribution in [0.15, 0.2) is 18.2 Å². The summed E-state index contributed by atoms with van der Waals surface area (Å²) in [6.45, 7) is 10.6. The van der Waals surface area contributed by atoms with Crippen LogP contribution in [0.5, 0.6) is 0 Å². The van der Waals surface area contributed by atoms with Gasteiger partial charge in [0.1, 0.15) is 0 Å². The molecule has 0 saturated heterocycles. The minimum atomic E-state index is 1.25. The topological polar surface area (TPSA) is 0 Å². The molecule has 0 heteroatoms. The second-order valence-corrected chi connectivity index (χ2v) is 3.29. The van der Waals surface area contributed by atoms with Crippen LogP contribution in [-0.2, 0) is 0 Å². The molecule has 1 rings (SSSR count). The lowest BCUT2D eigenvalue weighted by Crippen LogP contribution is -1.79. The van der Waals surface area contributed by atoms with Crippen molar-refractivity contribution in [2.24, 2.45) is 0 Å². The van der Waals surface area contributed by atoms with Gasteiger partial charge in [-0.25, -0.2) is 0 Å². The summed E-state index contributed by atoms with van der Waals surface area (Å²) in [4.78, 5) is 0. The second kappa shape index (κ2) is 5.82. The summed E-state index contributed by atoms with van der Waals surface area (Å²) in [5.74, 6) is 0. The molecule has 1 aromatic rings. The van der Waals surface area contributed by atoms with E-state index >= 15 is 0 Å². The van der Waals surface area contributed by atoms with E-state index in [1.807, 2.05) is 0 Å². The van der Waals surface area contributed by atoms with Crippen molar-refractivity contribution in [2.45, 2.75) is 41.0 Å². The van der Waals surface area contributed by atoms with Crippen LogP contribution in [-0.4, -0.2) is 0 Å². The largest absolute Gasteiger partial charge is 0.0656 e. The molecule has 0 spiro atoms. The van der Waals surface area contributed by atoms with Gasteiger partial charge >= 0.3 is 0 Å². The molecular formula is C12H20. The fourth-order valence-electron chi connectivity index (χ4n) is 0.891. The van der Waals surface area contributed by atoms with Gasteiger partial charge < -0.3 is 0 Å². The summed E-state index contributed by atoms with van der Waals surface area (Å²) < 4.78 is 0. The van der Waals surface area contributed by atoms with Gasteiger partial charge in [0.05, 0.1) is 0 Å². The fraction of sp³-hybridized carbons (Fsp3) is 0.500. The van der Waals surface area contributed by atoms with Crippen molar-refractivity contribution in [2.75, 3.05) is 0 Å². The van der Waals surface area contributed by atoms with Crippen molar-refractivity contribution in [3.8, 4) is 0 Å². The summed E-state index contributed by atoms with van der Waals surface area (Å²) in [7, 11) is 0. The van der Waals surface area contributed by atoms with Crippen LogP contribution in [0.25, 0.3) is 0 Å². The molecule has 0 heterocycles. The lowest BCUT2D eigenvalue weighted by Gasteiger charge is -1.98. The smallest absolute Gasteiger partial charge is 0.0395 e. The van der Waals surface area contributed by atoms with Gasteiger partial charge in [-0.1, -0.05) is 44.0 Å². The maximum atomic E-state index is 2.20. The zero-order valence-electron chi connectivity index (χ0n) is 8.94. The zero-order chi connectivity index (χ0) is 9.56. The molecule has 0 atom stereocenters. The SMILES string of the molecule is CCC.Cc1ccc(C)c(C)c1. The van der Waals surface area contributed by atoms with Crippen molar-refractivity contribution in [1.82, 2.24) is 0 Å². The quantitative estimate of drug-likeness (QED) is 0.543. The van der Waals surface area contributed by atoms with Gasteiger partial charge in [-0.3, -0.25) is 0 Å². The molecule has 0 fully saturated rings. The Hall–Kier alpha value is -0.780. The number of hydrogen-bond donors (Lipinski definition) is 0. The molecule has 0 bridgehead atoms. The first-order valence-corrected chi connectivity index (χ1v) is 4.65. The Bertz CT molecular complexity index is 223. The number of rotatable bonds is 0. The Morgan fingerprint density at radius 1 is 0.917 bits per heavy atom. The Morgan fingerprint density at radius 2 is 1.42 bits per heavy atom. The third-order valence-electron chi connectivity index (χ3n) is 1.66. The first-order valence-electron chi connectivity index (χ1n) is 4.65. The minimum Gasteiger partial charge on any atom is -0.0656 e. The molecule has 0 N–H and O–H groups in total. The predicted molar refractivity (Wildman–Crippen MR) is 56.6 cm³/mol. The van der Waals surface area contributed by atoms with Gasteiger partial charge in [-0.2, -0.15) is 0 Å². The van der Waals surface area contributed by atoms with E-state index in [0.717, 1.165) is 0 Å². The highest BCUT2D eigenvalue weighted by Gasteiger charge is 1.89. The van der Waals surface area contributed by atoms with Crippen LogP contribution in [0.1, 0.15) is 37.0 Å². The van der Waals surface area contributed by atoms with Crippen molar-refractivity contribution in [3.05, 3.63) is 34.9 Å². The van der Waals surface area contributed by atoms with Gasteiger partial charge in [-0.05, 0) is 31.9 Å². The van der Waals surface area contributed by atoms with Gasteiger partial charge in [0, 0.05) is 0 Å². The van der Waals surface area contributed by atoms with E-state index < -0.39 is 0 Å². The Labute approximate surface area is 76.6 Å². The lowest BCUT2D eigenvalue weighted by atomic mass is 10.1. The standard InChI is InChI=1S/C9H12.C3H8/c1-7-4-5-8(2)9(3)6-7;1-3-2/h4-6H,1-3H3;3H2,1-2H3.